The standard InChI is InChI=1S/C18H19ClFN/c1-12(15-3-2-4-16(19)11-15)21-18(13-5-6-13)14-7-9-17(20)10-8-14/h2-4,7-13,18,21H,5-6H2,1H3/t12-,18?/m1/s1. The molecule has 3 heteroatoms. The molecule has 0 heterocycles. The molecule has 2 atom stereocenters. The molecule has 0 spiro atoms. The van der Waals surface area contributed by atoms with Crippen molar-refractivity contribution in [2.75, 3.05) is 0 Å². The smallest absolute Gasteiger partial charge is 0.123 e. The minimum atomic E-state index is -0.184. The van der Waals surface area contributed by atoms with Crippen molar-refractivity contribution < 1.29 is 4.39 Å². The van der Waals surface area contributed by atoms with Gasteiger partial charge in [0, 0.05) is 17.1 Å². The molecule has 1 saturated carbocycles. The van der Waals surface area contributed by atoms with E-state index in [9.17, 15) is 4.39 Å². The van der Waals surface area contributed by atoms with Crippen LogP contribution in [0.25, 0.3) is 0 Å². The predicted octanol–water partition coefficient (Wildman–Crippen LogP) is 5.28. The molecule has 110 valence electrons. The molecule has 1 N–H and O–H groups in total. The van der Waals surface area contributed by atoms with Gasteiger partial charge < -0.3 is 5.32 Å². The molecular weight excluding hydrogens is 285 g/mol. The summed E-state index contributed by atoms with van der Waals surface area (Å²) in [5.41, 5.74) is 2.34. The normalized spacial score (nSPS) is 17.5. The van der Waals surface area contributed by atoms with Crippen LogP contribution in [0, 0.1) is 11.7 Å². The molecule has 21 heavy (non-hydrogen) atoms. The second-order valence-electron chi connectivity index (χ2n) is 5.81. The Morgan fingerprint density at radius 1 is 1.10 bits per heavy atom. The summed E-state index contributed by atoms with van der Waals surface area (Å²) >= 11 is 6.07. The minimum absolute atomic E-state index is 0.184. The second kappa shape index (κ2) is 6.17. The monoisotopic (exact) mass is 303 g/mol. The van der Waals surface area contributed by atoms with E-state index in [2.05, 4.69) is 18.3 Å². The largest absolute Gasteiger partial charge is 0.303 e. The fourth-order valence-corrected chi connectivity index (χ4v) is 2.94. The van der Waals surface area contributed by atoms with Gasteiger partial charge in [0.1, 0.15) is 5.82 Å². The average Bonchev–Trinajstić information content (AvgIpc) is 3.30. The first kappa shape index (κ1) is 14.6. The molecule has 2 aromatic rings. The van der Waals surface area contributed by atoms with Gasteiger partial charge in [-0.1, -0.05) is 35.9 Å². The van der Waals surface area contributed by atoms with Crippen LogP contribution < -0.4 is 5.32 Å². The quantitative estimate of drug-likeness (QED) is 0.792. The van der Waals surface area contributed by atoms with Gasteiger partial charge in [-0.3, -0.25) is 0 Å². The number of benzene rings is 2. The zero-order chi connectivity index (χ0) is 14.8. The molecule has 3 rings (SSSR count). The summed E-state index contributed by atoms with van der Waals surface area (Å²) in [7, 11) is 0. The SMILES string of the molecule is C[C@@H](NC(c1ccc(F)cc1)C1CC1)c1cccc(Cl)c1. The Morgan fingerprint density at radius 3 is 2.43 bits per heavy atom. The van der Waals surface area contributed by atoms with Crippen molar-refractivity contribution in [1.29, 1.82) is 0 Å². The fourth-order valence-electron chi connectivity index (χ4n) is 2.75. The highest BCUT2D eigenvalue weighted by molar-refractivity contribution is 6.30. The van der Waals surface area contributed by atoms with Crippen molar-refractivity contribution in [1.82, 2.24) is 5.32 Å². The van der Waals surface area contributed by atoms with Crippen LogP contribution in [0.4, 0.5) is 4.39 Å². The van der Waals surface area contributed by atoms with Crippen LogP contribution in [0.3, 0.4) is 0 Å². The van der Waals surface area contributed by atoms with Gasteiger partial charge in [-0.15, -0.1) is 0 Å². The summed E-state index contributed by atoms with van der Waals surface area (Å²) in [4.78, 5) is 0. The first-order chi connectivity index (χ1) is 10.1. The van der Waals surface area contributed by atoms with Gasteiger partial charge >= 0.3 is 0 Å². The Balaban J connectivity index is 1.77. The zero-order valence-electron chi connectivity index (χ0n) is 12.0. The Kier molecular flexibility index (Phi) is 4.27. The van der Waals surface area contributed by atoms with Crippen LogP contribution in [-0.4, -0.2) is 0 Å². The van der Waals surface area contributed by atoms with Crippen LogP contribution >= 0.6 is 11.6 Å². The maximum atomic E-state index is 13.1. The van der Waals surface area contributed by atoms with Crippen molar-refractivity contribution >= 4 is 11.6 Å². The van der Waals surface area contributed by atoms with E-state index in [1.807, 2.05) is 30.3 Å². The van der Waals surface area contributed by atoms with Gasteiger partial charge in [0.2, 0.25) is 0 Å². The van der Waals surface area contributed by atoms with Gasteiger partial charge in [-0.25, -0.2) is 4.39 Å². The van der Waals surface area contributed by atoms with Gasteiger partial charge in [0.05, 0.1) is 0 Å². The highest BCUT2D eigenvalue weighted by Crippen LogP contribution is 2.42. The van der Waals surface area contributed by atoms with E-state index in [1.54, 1.807) is 0 Å². The molecule has 1 nitrogen and oxygen atoms in total. The van der Waals surface area contributed by atoms with Crippen molar-refractivity contribution in [2.45, 2.75) is 31.8 Å². The second-order valence-corrected chi connectivity index (χ2v) is 6.25. The van der Waals surface area contributed by atoms with Gasteiger partial charge in [0.25, 0.3) is 0 Å². The summed E-state index contributed by atoms with van der Waals surface area (Å²) < 4.78 is 13.1. The molecule has 2 aromatic carbocycles. The number of nitrogens with one attached hydrogen (secondary N) is 1. The molecule has 1 fully saturated rings. The van der Waals surface area contributed by atoms with Crippen LogP contribution in [-0.2, 0) is 0 Å². The Bertz CT molecular complexity index is 607. The predicted molar refractivity (Wildman–Crippen MR) is 84.9 cm³/mol. The third-order valence-corrected chi connectivity index (χ3v) is 4.34. The van der Waals surface area contributed by atoms with Gasteiger partial charge in [0.15, 0.2) is 0 Å². The number of hydrogen-bond donors (Lipinski definition) is 1. The fraction of sp³-hybridized carbons (Fsp3) is 0.333. The van der Waals surface area contributed by atoms with E-state index in [0.29, 0.717) is 5.92 Å². The lowest BCUT2D eigenvalue weighted by molar-refractivity contribution is 0.427. The average molecular weight is 304 g/mol. The van der Waals surface area contributed by atoms with E-state index in [4.69, 9.17) is 11.6 Å². The molecule has 0 aliphatic heterocycles. The van der Waals surface area contributed by atoms with Gasteiger partial charge in [-0.2, -0.15) is 0 Å². The topological polar surface area (TPSA) is 12.0 Å². The van der Waals surface area contributed by atoms with E-state index < -0.39 is 0 Å². The van der Waals surface area contributed by atoms with Crippen molar-refractivity contribution in [3.63, 3.8) is 0 Å². The summed E-state index contributed by atoms with van der Waals surface area (Å²) in [6, 6.07) is 15.3. The molecule has 0 amide bonds. The summed E-state index contributed by atoms with van der Waals surface area (Å²) in [6.45, 7) is 2.14. The number of halogens is 2. The molecular formula is C18H19ClFN. The lowest BCUT2D eigenvalue weighted by Crippen LogP contribution is -2.26. The lowest BCUT2D eigenvalue weighted by Gasteiger charge is -2.24. The molecule has 1 unspecified atom stereocenters. The molecule has 1 aliphatic carbocycles. The van der Waals surface area contributed by atoms with Crippen molar-refractivity contribution in [3.05, 3.63) is 70.5 Å². The third kappa shape index (κ3) is 3.63. The first-order valence-corrected chi connectivity index (χ1v) is 7.78. The van der Waals surface area contributed by atoms with Crippen LogP contribution in [0.2, 0.25) is 5.02 Å². The van der Waals surface area contributed by atoms with Crippen molar-refractivity contribution in [2.24, 2.45) is 5.92 Å². The maximum Gasteiger partial charge on any atom is 0.123 e. The van der Waals surface area contributed by atoms with E-state index in [1.165, 1.54) is 30.5 Å². The van der Waals surface area contributed by atoms with Crippen LogP contribution in [0.15, 0.2) is 48.5 Å². The van der Waals surface area contributed by atoms with Gasteiger partial charge in [-0.05, 0) is 61.1 Å². The number of hydrogen-bond acceptors (Lipinski definition) is 1. The molecule has 0 aromatic heterocycles. The Labute approximate surface area is 130 Å². The maximum absolute atomic E-state index is 13.1. The number of rotatable bonds is 5. The zero-order valence-corrected chi connectivity index (χ0v) is 12.8. The Morgan fingerprint density at radius 2 is 1.81 bits per heavy atom. The molecule has 1 aliphatic rings. The molecule has 0 radical (unpaired) electrons. The summed E-state index contributed by atoms with van der Waals surface area (Å²) in [5.74, 6) is 0.466. The van der Waals surface area contributed by atoms with E-state index >= 15 is 0 Å². The minimum Gasteiger partial charge on any atom is -0.303 e. The summed E-state index contributed by atoms with van der Waals surface area (Å²) in [6.07, 6.45) is 2.47. The van der Waals surface area contributed by atoms with E-state index in [0.717, 1.165) is 10.6 Å². The van der Waals surface area contributed by atoms with Crippen molar-refractivity contribution in [3.8, 4) is 0 Å². The van der Waals surface area contributed by atoms with Crippen LogP contribution in [0.5, 0.6) is 0 Å². The summed E-state index contributed by atoms with van der Waals surface area (Å²) in [5, 5.41) is 4.43. The van der Waals surface area contributed by atoms with E-state index in [-0.39, 0.29) is 17.9 Å². The third-order valence-electron chi connectivity index (χ3n) is 4.10. The lowest BCUT2D eigenvalue weighted by atomic mass is 9.99. The highest BCUT2D eigenvalue weighted by Gasteiger charge is 2.33. The Hall–Kier alpha value is -1.38. The first-order valence-electron chi connectivity index (χ1n) is 7.40. The van der Waals surface area contributed by atoms with Crippen LogP contribution in [0.1, 0.15) is 43.0 Å². The molecule has 0 bridgehead atoms. The highest BCUT2D eigenvalue weighted by atomic mass is 35.5. The molecule has 0 saturated heterocycles.